The third-order valence-electron chi connectivity index (χ3n) is 3.60. The number of benzene rings is 2. The summed E-state index contributed by atoms with van der Waals surface area (Å²) in [5.41, 5.74) is 1.08. The average molecular weight is 284 g/mol. The number of aromatic hydroxyl groups is 2. The molecule has 0 atom stereocenters. The number of rotatable bonds is 1. The molecule has 5 heteroatoms. The monoisotopic (exact) mass is 284 g/mol. The molecule has 2 N–H and O–H groups in total. The molecule has 0 fully saturated rings. The minimum absolute atomic E-state index is 0.0505. The van der Waals surface area contributed by atoms with E-state index in [0.29, 0.717) is 5.56 Å². The molecule has 106 valence electrons. The number of aryl methyl sites for hydroxylation is 1. The molecular formula is C16H12O5. The van der Waals surface area contributed by atoms with Crippen molar-refractivity contribution < 1.29 is 24.5 Å². The molecule has 5 nitrogen and oxygen atoms in total. The van der Waals surface area contributed by atoms with Gasteiger partial charge in [0.15, 0.2) is 11.6 Å². The van der Waals surface area contributed by atoms with E-state index < -0.39 is 5.78 Å². The predicted octanol–water partition coefficient (Wildman–Crippen LogP) is 2.19. The van der Waals surface area contributed by atoms with Crippen LogP contribution in [0.1, 0.15) is 37.4 Å². The highest BCUT2D eigenvalue weighted by molar-refractivity contribution is 6.29. The third kappa shape index (κ3) is 1.78. The van der Waals surface area contributed by atoms with Crippen molar-refractivity contribution in [3.05, 3.63) is 52.1 Å². The molecule has 1 aliphatic carbocycles. The summed E-state index contributed by atoms with van der Waals surface area (Å²) in [7, 11) is 1.37. The van der Waals surface area contributed by atoms with Crippen molar-refractivity contribution >= 4 is 11.6 Å². The summed E-state index contributed by atoms with van der Waals surface area (Å²) in [6.07, 6.45) is 0. The van der Waals surface area contributed by atoms with Gasteiger partial charge < -0.3 is 14.9 Å². The van der Waals surface area contributed by atoms with Crippen molar-refractivity contribution in [1.82, 2.24) is 0 Å². The van der Waals surface area contributed by atoms with Crippen LogP contribution in [0.5, 0.6) is 17.2 Å². The van der Waals surface area contributed by atoms with Gasteiger partial charge in [-0.25, -0.2) is 0 Å². The number of hydrogen-bond acceptors (Lipinski definition) is 5. The van der Waals surface area contributed by atoms with Crippen LogP contribution < -0.4 is 4.74 Å². The van der Waals surface area contributed by atoms with E-state index in [9.17, 15) is 19.8 Å². The maximum absolute atomic E-state index is 12.6. The molecule has 0 bridgehead atoms. The molecule has 2 aromatic carbocycles. The first-order chi connectivity index (χ1) is 9.93. The largest absolute Gasteiger partial charge is 0.508 e. The zero-order valence-corrected chi connectivity index (χ0v) is 11.4. The van der Waals surface area contributed by atoms with Gasteiger partial charge in [-0.15, -0.1) is 0 Å². The number of phenolic OH excluding ortho intramolecular Hbond substituents is 2. The Kier molecular flexibility index (Phi) is 2.73. The fourth-order valence-electron chi connectivity index (χ4n) is 2.53. The van der Waals surface area contributed by atoms with Gasteiger partial charge in [0.1, 0.15) is 17.2 Å². The topological polar surface area (TPSA) is 83.8 Å². The molecule has 0 saturated heterocycles. The lowest BCUT2D eigenvalue weighted by Gasteiger charge is -2.20. The number of hydrogen-bond donors (Lipinski definition) is 2. The number of carbonyl (C=O) groups is 2. The third-order valence-corrected chi connectivity index (χ3v) is 3.60. The summed E-state index contributed by atoms with van der Waals surface area (Å²) >= 11 is 0. The van der Waals surface area contributed by atoms with Crippen LogP contribution >= 0.6 is 0 Å². The van der Waals surface area contributed by atoms with Crippen LogP contribution in [-0.4, -0.2) is 28.9 Å². The molecule has 0 aliphatic heterocycles. The van der Waals surface area contributed by atoms with Crippen LogP contribution in [-0.2, 0) is 0 Å². The lowest BCUT2D eigenvalue weighted by molar-refractivity contribution is 0.0976. The summed E-state index contributed by atoms with van der Waals surface area (Å²) in [5.74, 6) is -0.847. The predicted molar refractivity (Wildman–Crippen MR) is 74.4 cm³/mol. The van der Waals surface area contributed by atoms with Gasteiger partial charge in [-0.1, -0.05) is 0 Å². The number of ether oxygens (including phenoxy) is 1. The number of phenols is 2. The van der Waals surface area contributed by atoms with Gasteiger partial charge in [0, 0.05) is 22.8 Å². The molecule has 0 amide bonds. The number of fused-ring (bicyclic) bond motifs is 2. The Labute approximate surface area is 120 Å². The van der Waals surface area contributed by atoms with Crippen molar-refractivity contribution in [2.75, 3.05) is 7.11 Å². The Morgan fingerprint density at radius 1 is 0.905 bits per heavy atom. The molecule has 1 aliphatic rings. The van der Waals surface area contributed by atoms with Crippen LogP contribution in [0.3, 0.4) is 0 Å². The lowest BCUT2D eigenvalue weighted by atomic mass is 9.82. The summed E-state index contributed by atoms with van der Waals surface area (Å²) in [6, 6.07) is 5.30. The van der Waals surface area contributed by atoms with Gasteiger partial charge in [-0.05, 0) is 30.7 Å². The second-order valence-electron chi connectivity index (χ2n) is 4.91. The highest BCUT2D eigenvalue weighted by Gasteiger charge is 2.33. The lowest BCUT2D eigenvalue weighted by Crippen LogP contribution is -2.21. The summed E-state index contributed by atoms with van der Waals surface area (Å²) in [4.78, 5) is 25.1. The van der Waals surface area contributed by atoms with Crippen LogP contribution in [0.2, 0.25) is 0 Å². The summed E-state index contributed by atoms with van der Waals surface area (Å²) < 4.78 is 5.10. The molecule has 0 spiro atoms. The number of ketones is 2. The van der Waals surface area contributed by atoms with Crippen molar-refractivity contribution in [2.24, 2.45) is 0 Å². The number of carbonyl (C=O) groups excluding carboxylic acids is 2. The Balaban J connectivity index is 2.35. The van der Waals surface area contributed by atoms with E-state index in [-0.39, 0.29) is 45.3 Å². The standard InChI is InChI=1S/C16H12O5/c1-7-3-9-10(6-12(7)18)15(19)11-4-8(17)5-13(21-2)14(11)16(9)20/h3-6,17-18H,1-2H3. The first kappa shape index (κ1) is 13.2. The molecule has 21 heavy (non-hydrogen) atoms. The molecule has 3 rings (SSSR count). The van der Waals surface area contributed by atoms with Gasteiger partial charge in [-0.2, -0.15) is 0 Å². The molecule has 0 saturated carbocycles. The maximum Gasteiger partial charge on any atom is 0.198 e. The number of methoxy groups -OCH3 is 1. The van der Waals surface area contributed by atoms with E-state index in [1.54, 1.807) is 6.92 Å². The smallest absolute Gasteiger partial charge is 0.198 e. The first-order valence-electron chi connectivity index (χ1n) is 6.28. The zero-order chi connectivity index (χ0) is 15.3. The van der Waals surface area contributed by atoms with Crippen LogP contribution in [0.4, 0.5) is 0 Å². The molecule has 0 radical (unpaired) electrons. The molecular weight excluding hydrogens is 272 g/mol. The minimum Gasteiger partial charge on any atom is -0.508 e. The van der Waals surface area contributed by atoms with Crippen molar-refractivity contribution in [3.63, 3.8) is 0 Å². The van der Waals surface area contributed by atoms with Gasteiger partial charge >= 0.3 is 0 Å². The maximum atomic E-state index is 12.6. The normalized spacial score (nSPS) is 12.9. The van der Waals surface area contributed by atoms with Crippen molar-refractivity contribution in [1.29, 1.82) is 0 Å². The second kappa shape index (κ2) is 4.34. The average Bonchev–Trinajstić information content (AvgIpc) is 2.45. The fraction of sp³-hybridized carbons (Fsp3) is 0.125. The molecule has 0 aromatic heterocycles. The van der Waals surface area contributed by atoms with Crippen LogP contribution in [0.25, 0.3) is 0 Å². The van der Waals surface area contributed by atoms with Gasteiger partial charge in [0.2, 0.25) is 0 Å². The fourth-order valence-corrected chi connectivity index (χ4v) is 2.53. The van der Waals surface area contributed by atoms with Crippen molar-refractivity contribution in [2.45, 2.75) is 6.92 Å². The van der Waals surface area contributed by atoms with Crippen LogP contribution in [0.15, 0.2) is 24.3 Å². The zero-order valence-electron chi connectivity index (χ0n) is 11.4. The summed E-state index contributed by atoms with van der Waals surface area (Å²) in [6.45, 7) is 1.65. The van der Waals surface area contributed by atoms with Gasteiger partial charge in [-0.3, -0.25) is 9.59 Å². The molecule has 0 heterocycles. The van der Waals surface area contributed by atoms with Crippen LogP contribution in [0, 0.1) is 6.92 Å². The Hall–Kier alpha value is -2.82. The Bertz CT molecular complexity index is 805. The van der Waals surface area contributed by atoms with E-state index in [2.05, 4.69) is 0 Å². The first-order valence-corrected chi connectivity index (χ1v) is 6.28. The summed E-state index contributed by atoms with van der Waals surface area (Å²) in [5, 5.41) is 19.4. The molecule has 2 aromatic rings. The van der Waals surface area contributed by atoms with E-state index in [0.717, 1.165) is 0 Å². The van der Waals surface area contributed by atoms with Gasteiger partial charge in [0.25, 0.3) is 0 Å². The van der Waals surface area contributed by atoms with Crippen molar-refractivity contribution in [3.8, 4) is 17.2 Å². The Morgan fingerprint density at radius 3 is 2.24 bits per heavy atom. The second-order valence-corrected chi connectivity index (χ2v) is 4.91. The highest BCUT2D eigenvalue weighted by Crippen LogP contribution is 2.37. The van der Waals surface area contributed by atoms with E-state index >= 15 is 0 Å². The van der Waals surface area contributed by atoms with E-state index in [1.165, 1.54) is 31.4 Å². The Morgan fingerprint density at radius 2 is 1.57 bits per heavy atom. The van der Waals surface area contributed by atoms with E-state index in [1.807, 2.05) is 0 Å². The highest BCUT2D eigenvalue weighted by atomic mass is 16.5. The SMILES string of the molecule is COc1cc(O)cc2c1C(=O)c1cc(C)c(O)cc1C2=O. The quantitative estimate of drug-likeness (QED) is 0.715. The molecule has 0 unspecified atom stereocenters. The minimum atomic E-state index is -0.427. The van der Waals surface area contributed by atoms with E-state index in [4.69, 9.17) is 4.74 Å². The van der Waals surface area contributed by atoms with Gasteiger partial charge in [0.05, 0.1) is 12.7 Å².